The van der Waals surface area contributed by atoms with E-state index in [0.717, 1.165) is 23.9 Å². The lowest BCUT2D eigenvalue weighted by Gasteiger charge is -2.56. The van der Waals surface area contributed by atoms with Gasteiger partial charge in [-0.1, -0.05) is 0 Å². The largest absolute Gasteiger partial charge is 0.392 e. The van der Waals surface area contributed by atoms with E-state index in [9.17, 15) is 9.90 Å². The molecule has 6 heteroatoms. The van der Waals surface area contributed by atoms with Crippen LogP contribution in [-0.2, 0) is 11.8 Å². The van der Waals surface area contributed by atoms with Crippen molar-refractivity contribution in [1.82, 2.24) is 14.5 Å². The van der Waals surface area contributed by atoms with Crippen LogP contribution in [0.2, 0.25) is 0 Å². The Hall–Kier alpha value is -1.92. The maximum absolute atomic E-state index is 12.8. The second-order valence-electron chi connectivity index (χ2n) is 7.06. The molecule has 2 aliphatic rings. The summed E-state index contributed by atoms with van der Waals surface area (Å²) in [5, 5.41) is 10.2. The Morgan fingerprint density at radius 1 is 1.38 bits per heavy atom. The summed E-state index contributed by atoms with van der Waals surface area (Å²) in [6, 6.07) is 5.67. The summed E-state index contributed by atoms with van der Waals surface area (Å²) in [5.74, 6) is 0.0418. The number of fused-ring (bicyclic) bond motifs is 1. The number of methoxy groups -OCH3 is 1. The number of benzene rings is 1. The minimum absolute atomic E-state index is 0.0418. The van der Waals surface area contributed by atoms with Gasteiger partial charge < -0.3 is 19.3 Å². The van der Waals surface area contributed by atoms with Gasteiger partial charge in [0.2, 0.25) is 0 Å². The van der Waals surface area contributed by atoms with Crippen molar-refractivity contribution >= 4 is 16.9 Å². The van der Waals surface area contributed by atoms with E-state index < -0.39 is 0 Å². The molecular formula is C18H23N3O3. The first kappa shape index (κ1) is 15.6. The Morgan fingerprint density at radius 3 is 2.79 bits per heavy atom. The van der Waals surface area contributed by atoms with Gasteiger partial charge in [0.25, 0.3) is 5.91 Å². The van der Waals surface area contributed by atoms with Crippen LogP contribution in [0.25, 0.3) is 11.0 Å². The summed E-state index contributed by atoms with van der Waals surface area (Å²) in [4.78, 5) is 19.0. The quantitative estimate of drug-likeness (QED) is 0.908. The van der Waals surface area contributed by atoms with E-state index in [2.05, 4.69) is 4.98 Å². The Balaban J connectivity index is 1.49. The minimum Gasteiger partial charge on any atom is -0.392 e. The molecule has 4 rings (SSSR count). The fraction of sp³-hybridized carbons (Fsp3) is 0.556. The standard InChI is InChI=1S/C18H23N3O3/c1-20-11-19-13-9-12(3-4-14(13)20)17(23)21-7-5-18(6-8-21)15(22)10-16(18)24-2/h3-4,9,11,15-16,22H,5-8,10H2,1-2H3. The van der Waals surface area contributed by atoms with Crippen molar-refractivity contribution in [2.45, 2.75) is 31.5 Å². The summed E-state index contributed by atoms with van der Waals surface area (Å²) in [6.07, 6.45) is 3.88. The fourth-order valence-electron chi connectivity index (χ4n) is 4.29. The third kappa shape index (κ3) is 2.17. The predicted molar refractivity (Wildman–Crippen MR) is 89.7 cm³/mol. The first-order valence-corrected chi connectivity index (χ1v) is 8.46. The highest BCUT2D eigenvalue weighted by Crippen LogP contribution is 2.50. The molecule has 1 spiro atoms. The summed E-state index contributed by atoms with van der Waals surface area (Å²) in [6.45, 7) is 1.33. The molecule has 1 aliphatic carbocycles. The zero-order chi connectivity index (χ0) is 16.9. The lowest BCUT2D eigenvalue weighted by molar-refractivity contribution is -0.199. The van der Waals surface area contributed by atoms with Gasteiger partial charge in [0.15, 0.2) is 0 Å². The van der Waals surface area contributed by atoms with E-state index in [1.165, 1.54) is 0 Å². The van der Waals surface area contributed by atoms with Crippen molar-refractivity contribution in [2.75, 3.05) is 20.2 Å². The number of ether oxygens (including phenoxy) is 1. The molecule has 2 unspecified atom stereocenters. The maximum atomic E-state index is 12.8. The fourth-order valence-corrected chi connectivity index (χ4v) is 4.29. The van der Waals surface area contributed by atoms with E-state index >= 15 is 0 Å². The van der Waals surface area contributed by atoms with E-state index in [0.29, 0.717) is 25.1 Å². The average molecular weight is 329 g/mol. The van der Waals surface area contributed by atoms with Crippen LogP contribution >= 0.6 is 0 Å². The van der Waals surface area contributed by atoms with Crippen LogP contribution in [0, 0.1) is 5.41 Å². The molecule has 1 aromatic heterocycles. The highest BCUT2D eigenvalue weighted by Gasteiger charge is 2.56. The number of rotatable bonds is 2. The number of likely N-dealkylation sites (tertiary alicyclic amines) is 1. The Morgan fingerprint density at radius 2 is 2.12 bits per heavy atom. The van der Waals surface area contributed by atoms with Crippen molar-refractivity contribution in [1.29, 1.82) is 0 Å². The number of aromatic nitrogens is 2. The normalized spacial score (nSPS) is 25.9. The predicted octanol–water partition coefficient (Wildman–Crippen LogP) is 1.58. The van der Waals surface area contributed by atoms with Gasteiger partial charge in [0.05, 0.1) is 29.6 Å². The summed E-state index contributed by atoms with van der Waals surface area (Å²) in [7, 11) is 3.65. The van der Waals surface area contributed by atoms with Crippen LogP contribution < -0.4 is 0 Å². The molecule has 0 radical (unpaired) electrons. The lowest BCUT2D eigenvalue weighted by Crippen LogP contribution is -2.62. The third-order valence-corrected chi connectivity index (χ3v) is 5.98. The molecular weight excluding hydrogens is 306 g/mol. The molecule has 2 atom stereocenters. The molecule has 1 saturated carbocycles. The topological polar surface area (TPSA) is 67.6 Å². The van der Waals surface area contributed by atoms with Crippen LogP contribution in [0.1, 0.15) is 29.6 Å². The molecule has 2 fully saturated rings. The zero-order valence-electron chi connectivity index (χ0n) is 14.1. The number of amides is 1. The van der Waals surface area contributed by atoms with Crippen LogP contribution in [0.3, 0.4) is 0 Å². The van der Waals surface area contributed by atoms with Crippen molar-refractivity contribution in [3.8, 4) is 0 Å². The number of hydrogen-bond donors (Lipinski definition) is 1. The zero-order valence-corrected chi connectivity index (χ0v) is 14.1. The number of piperidine rings is 1. The van der Waals surface area contributed by atoms with Crippen LogP contribution in [0.15, 0.2) is 24.5 Å². The number of imidazole rings is 1. The molecule has 1 N–H and O–H groups in total. The number of hydrogen-bond acceptors (Lipinski definition) is 4. The summed E-state index contributed by atoms with van der Waals surface area (Å²) >= 11 is 0. The highest BCUT2D eigenvalue weighted by atomic mass is 16.5. The number of aryl methyl sites for hydroxylation is 1. The molecule has 1 amide bonds. The number of aliphatic hydroxyl groups excluding tert-OH is 1. The average Bonchev–Trinajstić information content (AvgIpc) is 2.99. The Kier molecular flexibility index (Phi) is 3.62. The molecule has 24 heavy (non-hydrogen) atoms. The monoisotopic (exact) mass is 329 g/mol. The van der Waals surface area contributed by atoms with E-state index in [1.54, 1.807) is 13.4 Å². The smallest absolute Gasteiger partial charge is 0.253 e. The third-order valence-electron chi connectivity index (χ3n) is 5.98. The van der Waals surface area contributed by atoms with Crippen LogP contribution in [0.4, 0.5) is 0 Å². The van der Waals surface area contributed by atoms with Gasteiger partial charge in [0.1, 0.15) is 0 Å². The van der Waals surface area contributed by atoms with E-state index in [1.807, 2.05) is 34.7 Å². The SMILES string of the molecule is COC1CC(O)C12CCN(C(=O)c1ccc3c(c1)ncn3C)CC2. The molecule has 1 aromatic carbocycles. The lowest BCUT2D eigenvalue weighted by atomic mass is 9.58. The maximum Gasteiger partial charge on any atom is 0.253 e. The molecule has 2 aromatic rings. The van der Waals surface area contributed by atoms with E-state index in [4.69, 9.17) is 4.74 Å². The van der Waals surface area contributed by atoms with Crippen LogP contribution in [-0.4, -0.2) is 57.9 Å². The van der Waals surface area contributed by atoms with Gasteiger partial charge in [-0.2, -0.15) is 0 Å². The van der Waals surface area contributed by atoms with Gasteiger partial charge in [-0.25, -0.2) is 4.98 Å². The number of carbonyl (C=O) groups is 1. The second kappa shape index (κ2) is 5.57. The molecule has 1 aliphatic heterocycles. The second-order valence-corrected chi connectivity index (χ2v) is 7.06. The molecule has 128 valence electrons. The molecule has 0 bridgehead atoms. The highest BCUT2D eigenvalue weighted by molar-refractivity contribution is 5.97. The Labute approximate surface area is 141 Å². The van der Waals surface area contributed by atoms with Crippen molar-refractivity contribution in [2.24, 2.45) is 12.5 Å². The van der Waals surface area contributed by atoms with Gasteiger partial charge >= 0.3 is 0 Å². The summed E-state index contributed by atoms with van der Waals surface area (Å²) < 4.78 is 7.45. The van der Waals surface area contributed by atoms with E-state index in [-0.39, 0.29) is 23.5 Å². The first-order chi connectivity index (χ1) is 11.5. The Bertz CT molecular complexity index is 777. The van der Waals surface area contributed by atoms with Crippen molar-refractivity contribution < 1.29 is 14.6 Å². The minimum atomic E-state index is -0.301. The first-order valence-electron chi connectivity index (χ1n) is 8.46. The van der Waals surface area contributed by atoms with Crippen molar-refractivity contribution in [3.63, 3.8) is 0 Å². The van der Waals surface area contributed by atoms with Crippen molar-refractivity contribution in [3.05, 3.63) is 30.1 Å². The van der Waals surface area contributed by atoms with Gasteiger partial charge in [-0.15, -0.1) is 0 Å². The van der Waals surface area contributed by atoms with Gasteiger partial charge in [0, 0.05) is 44.6 Å². The number of aliphatic hydroxyl groups is 1. The number of nitrogens with zero attached hydrogens (tertiary/aromatic N) is 3. The number of carbonyl (C=O) groups excluding carboxylic acids is 1. The molecule has 2 heterocycles. The molecule has 6 nitrogen and oxygen atoms in total. The van der Waals surface area contributed by atoms with Gasteiger partial charge in [-0.05, 0) is 31.0 Å². The summed E-state index contributed by atoms with van der Waals surface area (Å²) in [5.41, 5.74) is 2.38. The van der Waals surface area contributed by atoms with Gasteiger partial charge in [-0.3, -0.25) is 4.79 Å². The van der Waals surface area contributed by atoms with Crippen LogP contribution in [0.5, 0.6) is 0 Å². The molecule has 1 saturated heterocycles.